The van der Waals surface area contributed by atoms with E-state index in [1.54, 1.807) is 7.05 Å². The second-order valence-electron chi connectivity index (χ2n) is 7.34. The number of aromatic nitrogens is 2. The molecule has 3 rings (SSSR count). The van der Waals surface area contributed by atoms with Gasteiger partial charge in [-0.15, -0.1) is 0 Å². The molecule has 7 heteroatoms. The van der Waals surface area contributed by atoms with E-state index < -0.39 is 0 Å². The van der Waals surface area contributed by atoms with Crippen LogP contribution < -0.4 is 10.6 Å². The number of hydrogen-bond donors (Lipinski definition) is 2. The topological polar surface area (TPSA) is 72.7 Å². The Morgan fingerprint density at radius 3 is 3.00 bits per heavy atom. The molecule has 1 aliphatic rings. The van der Waals surface area contributed by atoms with Gasteiger partial charge in [0.15, 0.2) is 5.96 Å². The smallest absolute Gasteiger partial charge is 0.191 e. The SMILES string of the molecule is CN=C(NCCCOCC1CCCO1)NCc1cccc(Cn2ccnc2C)c1. The summed E-state index contributed by atoms with van der Waals surface area (Å²) < 4.78 is 13.4. The van der Waals surface area contributed by atoms with Crippen molar-refractivity contribution in [3.05, 3.63) is 53.6 Å². The van der Waals surface area contributed by atoms with Crippen molar-refractivity contribution < 1.29 is 9.47 Å². The Balaban J connectivity index is 1.34. The molecular formula is C22H33N5O2. The highest BCUT2D eigenvalue weighted by Crippen LogP contribution is 2.12. The number of benzene rings is 1. The first-order valence-corrected chi connectivity index (χ1v) is 10.4. The van der Waals surface area contributed by atoms with Gasteiger partial charge in [0, 0.05) is 52.3 Å². The predicted molar refractivity (Wildman–Crippen MR) is 115 cm³/mol. The molecule has 1 saturated heterocycles. The normalized spacial score (nSPS) is 16.9. The fourth-order valence-electron chi connectivity index (χ4n) is 3.38. The van der Waals surface area contributed by atoms with Gasteiger partial charge in [-0.05, 0) is 37.3 Å². The van der Waals surface area contributed by atoms with Crippen molar-refractivity contribution in [2.45, 2.75) is 45.4 Å². The molecule has 1 aliphatic heterocycles. The molecule has 0 spiro atoms. The van der Waals surface area contributed by atoms with Crippen LogP contribution >= 0.6 is 0 Å². The maximum Gasteiger partial charge on any atom is 0.191 e. The van der Waals surface area contributed by atoms with Gasteiger partial charge in [-0.1, -0.05) is 24.3 Å². The summed E-state index contributed by atoms with van der Waals surface area (Å²) in [6.45, 7) is 6.73. The van der Waals surface area contributed by atoms with E-state index in [-0.39, 0.29) is 0 Å². The summed E-state index contributed by atoms with van der Waals surface area (Å²) in [4.78, 5) is 8.58. The molecule has 0 saturated carbocycles. The quantitative estimate of drug-likeness (QED) is 0.365. The number of ether oxygens (including phenoxy) is 2. The molecule has 2 N–H and O–H groups in total. The lowest BCUT2D eigenvalue weighted by atomic mass is 10.1. The highest BCUT2D eigenvalue weighted by atomic mass is 16.5. The summed E-state index contributed by atoms with van der Waals surface area (Å²) in [5, 5.41) is 6.72. The molecular weight excluding hydrogens is 366 g/mol. The molecule has 158 valence electrons. The van der Waals surface area contributed by atoms with E-state index >= 15 is 0 Å². The Morgan fingerprint density at radius 1 is 1.34 bits per heavy atom. The fourth-order valence-corrected chi connectivity index (χ4v) is 3.38. The number of hydrogen-bond acceptors (Lipinski definition) is 4. The van der Waals surface area contributed by atoms with Crippen LogP contribution in [-0.2, 0) is 22.6 Å². The molecule has 1 aromatic heterocycles. The maximum absolute atomic E-state index is 5.70. The summed E-state index contributed by atoms with van der Waals surface area (Å²) in [6.07, 6.45) is 7.36. The number of guanidine groups is 1. The molecule has 29 heavy (non-hydrogen) atoms. The van der Waals surface area contributed by atoms with Crippen LogP contribution in [0.4, 0.5) is 0 Å². The van der Waals surface area contributed by atoms with E-state index in [0.29, 0.717) is 12.7 Å². The minimum absolute atomic E-state index is 0.297. The largest absolute Gasteiger partial charge is 0.379 e. The summed E-state index contributed by atoms with van der Waals surface area (Å²) in [7, 11) is 1.79. The van der Waals surface area contributed by atoms with Crippen molar-refractivity contribution in [3.63, 3.8) is 0 Å². The van der Waals surface area contributed by atoms with Crippen LogP contribution in [0.3, 0.4) is 0 Å². The number of imidazole rings is 1. The van der Waals surface area contributed by atoms with Crippen molar-refractivity contribution >= 4 is 5.96 Å². The van der Waals surface area contributed by atoms with Crippen LogP contribution in [0.25, 0.3) is 0 Å². The highest BCUT2D eigenvalue weighted by molar-refractivity contribution is 5.79. The Labute approximate surface area is 173 Å². The van der Waals surface area contributed by atoms with Gasteiger partial charge in [-0.2, -0.15) is 0 Å². The number of rotatable bonds is 10. The first-order chi connectivity index (χ1) is 14.2. The van der Waals surface area contributed by atoms with E-state index in [9.17, 15) is 0 Å². The van der Waals surface area contributed by atoms with Gasteiger partial charge < -0.3 is 24.7 Å². The van der Waals surface area contributed by atoms with Crippen molar-refractivity contribution in [3.8, 4) is 0 Å². The minimum Gasteiger partial charge on any atom is -0.379 e. The van der Waals surface area contributed by atoms with E-state index in [1.165, 1.54) is 11.1 Å². The van der Waals surface area contributed by atoms with Gasteiger partial charge in [0.1, 0.15) is 5.82 Å². The van der Waals surface area contributed by atoms with Gasteiger partial charge >= 0.3 is 0 Å². The molecule has 2 aromatic rings. The Morgan fingerprint density at radius 2 is 2.24 bits per heavy atom. The van der Waals surface area contributed by atoms with Gasteiger partial charge in [0.25, 0.3) is 0 Å². The number of aliphatic imine (C=N–C) groups is 1. The summed E-state index contributed by atoms with van der Waals surface area (Å²) >= 11 is 0. The Kier molecular flexibility index (Phi) is 8.52. The van der Waals surface area contributed by atoms with Gasteiger partial charge in [0.2, 0.25) is 0 Å². The number of aryl methyl sites for hydroxylation is 1. The van der Waals surface area contributed by atoms with Crippen molar-refractivity contribution in [1.82, 2.24) is 20.2 Å². The molecule has 7 nitrogen and oxygen atoms in total. The summed E-state index contributed by atoms with van der Waals surface area (Å²) in [6, 6.07) is 8.59. The molecule has 0 radical (unpaired) electrons. The molecule has 0 bridgehead atoms. The maximum atomic E-state index is 5.70. The third kappa shape index (κ3) is 7.18. The molecule has 1 fully saturated rings. The van der Waals surface area contributed by atoms with Crippen LogP contribution in [0.15, 0.2) is 41.7 Å². The minimum atomic E-state index is 0.297. The second kappa shape index (κ2) is 11.6. The van der Waals surface area contributed by atoms with Gasteiger partial charge in [-0.3, -0.25) is 4.99 Å². The predicted octanol–water partition coefficient (Wildman–Crippen LogP) is 2.49. The average molecular weight is 400 g/mol. The zero-order chi connectivity index (χ0) is 20.3. The standard InChI is InChI=1S/C22H33N5O2/c1-18-24-10-11-27(18)16-20-7-3-6-19(14-20)15-26-22(23-2)25-9-5-12-28-17-21-8-4-13-29-21/h3,6-7,10-11,14,21H,4-5,8-9,12-13,15-17H2,1-2H3,(H2,23,25,26). The monoisotopic (exact) mass is 399 g/mol. The van der Waals surface area contributed by atoms with Crippen LogP contribution in [0.5, 0.6) is 0 Å². The average Bonchev–Trinajstić information content (AvgIpc) is 3.39. The van der Waals surface area contributed by atoms with Crippen molar-refractivity contribution in [2.24, 2.45) is 4.99 Å². The van der Waals surface area contributed by atoms with Crippen molar-refractivity contribution in [1.29, 1.82) is 0 Å². The summed E-state index contributed by atoms with van der Waals surface area (Å²) in [5.41, 5.74) is 2.49. The Hall–Kier alpha value is -2.38. The number of nitrogens with one attached hydrogen (secondary N) is 2. The van der Waals surface area contributed by atoms with E-state index in [0.717, 1.165) is 63.9 Å². The van der Waals surface area contributed by atoms with Crippen LogP contribution in [0, 0.1) is 6.92 Å². The second-order valence-corrected chi connectivity index (χ2v) is 7.34. The van der Waals surface area contributed by atoms with Crippen molar-refractivity contribution in [2.75, 3.05) is 33.4 Å². The first kappa shape index (κ1) is 21.3. The number of nitrogens with zero attached hydrogens (tertiary/aromatic N) is 3. The highest BCUT2D eigenvalue weighted by Gasteiger charge is 2.14. The third-order valence-corrected chi connectivity index (χ3v) is 5.04. The molecule has 2 heterocycles. The Bertz CT molecular complexity index is 768. The van der Waals surface area contributed by atoms with E-state index in [4.69, 9.17) is 9.47 Å². The molecule has 1 unspecified atom stereocenters. The third-order valence-electron chi connectivity index (χ3n) is 5.04. The molecule has 1 aromatic carbocycles. The van der Waals surface area contributed by atoms with Crippen LogP contribution in [0.2, 0.25) is 0 Å². The van der Waals surface area contributed by atoms with Crippen LogP contribution in [-0.4, -0.2) is 55.0 Å². The van der Waals surface area contributed by atoms with Crippen LogP contribution in [0.1, 0.15) is 36.2 Å². The van der Waals surface area contributed by atoms with Gasteiger partial charge in [-0.25, -0.2) is 4.98 Å². The van der Waals surface area contributed by atoms with Gasteiger partial charge in [0.05, 0.1) is 12.7 Å². The lowest BCUT2D eigenvalue weighted by Gasteiger charge is -2.13. The summed E-state index contributed by atoms with van der Waals surface area (Å²) in [5.74, 6) is 1.83. The lowest BCUT2D eigenvalue weighted by Crippen LogP contribution is -2.37. The van der Waals surface area contributed by atoms with E-state index in [2.05, 4.69) is 49.4 Å². The van der Waals surface area contributed by atoms with E-state index in [1.807, 2.05) is 19.3 Å². The molecule has 1 atom stereocenters. The fraction of sp³-hybridized carbons (Fsp3) is 0.545. The molecule has 0 aliphatic carbocycles. The zero-order valence-electron chi connectivity index (χ0n) is 17.6. The molecule has 0 amide bonds. The zero-order valence-corrected chi connectivity index (χ0v) is 17.6. The lowest BCUT2D eigenvalue weighted by molar-refractivity contribution is 0.0168. The first-order valence-electron chi connectivity index (χ1n) is 10.4.